The zero-order valence-corrected chi connectivity index (χ0v) is 20.9. The van der Waals surface area contributed by atoms with Gasteiger partial charge in [0.05, 0.1) is 6.04 Å². The highest BCUT2D eigenvalue weighted by Gasteiger charge is 2.40. The van der Waals surface area contributed by atoms with E-state index in [4.69, 9.17) is 5.73 Å². The third-order valence-corrected chi connectivity index (χ3v) is 9.30. The van der Waals surface area contributed by atoms with Gasteiger partial charge >= 0.3 is 0 Å². The molecule has 11 heteroatoms. The van der Waals surface area contributed by atoms with Gasteiger partial charge in [-0.2, -0.15) is 4.31 Å². The molecule has 3 atom stereocenters. The molecule has 0 bridgehead atoms. The summed E-state index contributed by atoms with van der Waals surface area (Å²) in [5.74, 6) is -2.05. The summed E-state index contributed by atoms with van der Waals surface area (Å²) in [6.45, 7) is 3.01. The van der Waals surface area contributed by atoms with Crippen LogP contribution in [0.3, 0.4) is 0 Å². The summed E-state index contributed by atoms with van der Waals surface area (Å²) in [6.07, 6.45) is 1.06. The molecule has 4 rings (SSSR count). The molecule has 0 aliphatic carbocycles. The van der Waals surface area contributed by atoms with E-state index in [-0.39, 0.29) is 34.5 Å². The Labute approximate surface area is 207 Å². The first kappa shape index (κ1) is 25.2. The summed E-state index contributed by atoms with van der Waals surface area (Å²) >= 11 is 1.10. The molecule has 1 amide bonds. The highest BCUT2D eigenvalue weighted by Crippen LogP contribution is 2.38. The number of nitrogen functional groups attached to an aromatic ring is 1. The molecule has 35 heavy (non-hydrogen) atoms. The number of nitrogens with one attached hydrogen (secondary N) is 1. The molecule has 1 aliphatic heterocycles. The second-order valence-corrected chi connectivity index (χ2v) is 11.6. The van der Waals surface area contributed by atoms with Crippen LogP contribution in [0.15, 0.2) is 47.8 Å². The standard InChI is InChI=1S/C24H26F2N4O3S2/c1-14-8-9-22(16-6-4-3-5-7-16)35(32,33)30(14)12-17-10-20(26)18(11-19(17)25)15(2)28-23(31)21-13-34-24(27)29-21/h3-7,10-11,13-15,22H,8-9,12H2,1-2H3,(H2,27,29)(H,28,31)/t14-,15?,22?/m1/s1. The maximum absolute atomic E-state index is 15.1. The summed E-state index contributed by atoms with van der Waals surface area (Å²) in [5, 5.41) is 3.54. The van der Waals surface area contributed by atoms with Crippen molar-refractivity contribution in [3.63, 3.8) is 0 Å². The second-order valence-electron chi connectivity index (χ2n) is 8.65. The predicted molar refractivity (Wildman–Crippen MR) is 131 cm³/mol. The zero-order chi connectivity index (χ0) is 25.3. The number of amides is 1. The van der Waals surface area contributed by atoms with Crippen molar-refractivity contribution in [2.75, 3.05) is 5.73 Å². The average molecular weight is 521 g/mol. The van der Waals surface area contributed by atoms with Gasteiger partial charge in [0.15, 0.2) is 5.13 Å². The van der Waals surface area contributed by atoms with E-state index in [9.17, 15) is 13.2 Å². The summed E-state index contributed by atoms with van der Waals surface area (Å²) in [7, 11) is -3.79. The number of hydrogen-bond donors (Lipinski definition) is 2. The van der Waals surface area contributed by atoms with E-state index in [0.717, 1.165) is 23.5 Å². The Morgan fingerprint density at radius 2 is 1.94 bits per heavy atom. The van der Waals surface area contributed by atoms with Gasteiger partial charge in [0.25, 0.3) is 5.91 Å². The Balaban J connectivity index is 1.55. The fourth-order valence-electron chi connectivity index (χ4n) is 4.32. The topological polar surface area (TPSA) is 105 Å². The molecule has 7 nitrogen and oxygen atoms in total. The molecule has 1 aromatic heterocycles. The minimum atomic E-state index is -3.79. The lowest BCUT2D eigenvalue weighted by atomic mass is 10.0. The number of rotatable bonds is 6. The Bertz CT molecular complexity index is 1330. The summed E-state index contributed by atoms with van der Waals surface area (Å²) in [5.41, 5.74) is 6.18. The van der Waals surface area contributed by atoms with Crippen molar-refractivity contribution in [1.82, 2.24) is 14.6 Å². The van der Waals surface area contributed by atoms with Crippen molar-refractivity contribution >= 4 is 32.4 Å². The number of carbonyl (C=O) groups excluding carboxylic acids is 1. The smallest absolute Gasteiger partial charge is 0.271 e. The van der Waals surface area contributed by atoms with Crippen molar-refractivity contribution in [2.24, 2.45) is 0 Å². The monoisotopic (exact) mass is 520 g/mol. The van der Waals surface area contributed by atoms with Crippen molar-refractivity contribution < 1.29 is 22.0 Å². The van der Waals surface area contributed by atoms with Gasteiger partial charge in [-0.25, -0.2) is 22.2 Å². The van der Waals surface area contributed by atoms with Crippen LogP contribution in [0.1, 0.15) is 65.2 Å². The highest BCUT2D eigenvalue weighted by molar-refractivity contribution is 7.89. The molecule has 0 radical (unpaired) electrons. The molecule has 0 saturated carbocycles. The molecule has 0 spiro atoms. The van der Waals surface area contributed by atoms with Crippen molar-refractivity contribution in [2.45, 2.75) is 50.6 Å². The SMILES string of the molecule is CC(NC(=O)c1csc(N)n1)c1cc(F)c(CN2[C@H](C)CCC(c3ccccc3)S2(=O)=O)cc1F. The first-order valence-electron chi connectivity index (χ1n) is 11.1. The van der Waals surface area contributed by atoms with Crippen molar-refractivity contribution in [3.8, 4) is 0 Å². The van der Waals surface area contributed by atoms with Crippen LogP contribution >= 0.6 is 11.3 Å². The number of thiazole rings is 1. The Morgan fingerprint density at radius 3 is 2.60 bits per heavy atom. The molecule has 2 unspecified atom stereocenters. The first-order valence-corrected chi connectivity index (χ1v) is 13.5. The lowest BCUT2D eigenvalue weighted by Crippen LogP contribution is -2.44. The van der Waals surface area contributed by atoms with Crippen LogP contribution in [0.5, 0.6) is 0 Å². The van der Waals surface area contributed by atoms with E-state index in [1.54, 1.807) is 31.2 Å². The molecule has 1 fully saturated rings. The van der Waals surface area contributed by atoms with Crippen LogP contribution in [-0.4, -0.2) is 29.7 Å². The molecular formula is C24H26F2N4O3S2. The fraction of sp³-hybridized carbons (Fsp3) is 0.333. The van der Waals surface area contributed by atoms with Gasteiger partial charge < -0.3 is 11.1 Å². The Morgan fingerprint density at radius 1 is 1.23 bits per heavy atom. The van der Waals surface area contributed by atoms with Crippen LogP contribution in [0, 0.1) is 11.6 Å². The van der Waals surface area contributed by atoms with Crippen LogP contribution in [0.2, 0.25) is 0 Å². The molecule has 1 aliphatic rings. The number of aromatic nitrogens is 1. The normalized spacial score (nSPS) is 20.9. The van der Waals surface area contributed by atoms with Crippen molar-refractivity contribution in [3.05, 3.63) is 81.9 Å². The molecule has 2 aromatic carbocycles. The van der Waals surface area contributed by atoms with Crippen molar-refractivity contribution in [1.29, 1.82) is 0 Å². The third-order valence-electron chi connectivity index (χ3n) is 6.26. The van der Waals surface area contributed by atoms with Gasteiger partial charge in [0, 0.05) is 29.1 Å². The highest BCUT2D eigenvalue weighted by atomic mass is 32.2. The molecule has 186 valence electrons. The van der Waals surface area contributed by atoms with Gasteiger partial charge in [0.1, 0.15) is 22.6 Å². The number of carbonyl (C=O) groups is 1. The Hall–Kier alpha value is -2.89. The quantitative estimate of drug-likeness (QED) is 0.496. The van der Waals surface area contributed by atoms with Crippen LogP contribution in [0.25, 0.3) is 0 Å². The molecule has 1 saturated heterocycles. The number of anilines is 1. The summed E-state index contributed by atoms with van der Waals surface area (Å²) < 4.78 is 58.1. The largest absolute Gasteiger partial charge is 0.375 e. The molecular weight excluding hydrogens is 494 g/mol. The maximum Gasteiger partial charge on any atom is 0.271 e. The van der Waals surface area contributed by atoms with Gasteiger partial charge in [0.2, 0.25) is 10.0 Å². The minimum absolute atomic E-state index is 0.0560. The molecule has 3 aromatic rings. The number of benzene rings is 2. The van der Waals surface area contributed by atoms with E-state index in [0.29, 0.717) is 18.4 Å². The predicted octanol–water partition coefficient (Wildman–Crippen LogP) is 4.55. The van der Waals surface area contributed by atoms with Gasteiger partial charge in [-0.3, -0.25) is 4.79 Å². The van der Waals surface area contributed by atoms with E-state index in [2.05, 4.69) is 10.3 Å². The summed E-state index contributed by atoms with van der Waals surface area (Å²) in [6, 6.07) is 9.70. The van der Waals surface area contributed by atoms with Gasteiger partial charge in [-0.05, 0) is 44.4 Å². The minimum Gasteiger partial charge on any atom is -0.375 e. The fourth-order valence-corrected chi connectivity index (χ4v) is 7.05. The maximum atomic E-state index is 15.1. The van der Waals surface area contributed by atoms with Gasteiger partial charge in [-0.15, -0.1) is 11.3 Å². The lowest BCUT2D eigenvalue weighted by Gasteiger charge is -2.37. The first-order chi connectivity index (χ1) is 16.6. The Kier molecular flexibility index (Phi) is 7.20. The molecule has 2 heterocycles. The second kappa shape index (κ2) is 10.00. The van der Waals surface area contributed by atoms with E-state index in [1.807, 2.05) is 6.07 Å². The van der Waals surface area contributed by atoms with Crippen LogP contribution in [-0.2, 0) is 16.6 Å². The molecule has 3 N–H and O–H groups in total. The lowest BCUT2D eigenvalue weighted by molar-refractivity contribution is 0.0935. The number of nitrogens with zero attached hydrogens (tertiary/aromatic N) is 2. The number of hydrogen-bond acceptors (Lipinski definition) is 6. The van der Waals surface area contributed by atoms with Crippen LogP contribution < -0.4 is 11.1 Å². The number of halogens is 2. The number of nitrogens with two attached hydrogens (primary N) is 1. The van der Waals surface area contributed by atoms with Gasteiger partial charge in [-0.1, -0.05) is 30.3 Å². The van der Waals surface area contributed by atoms with Crippen LogP contribution in [0.4, 0.5) is 13.9 Å². The average Bonchev–Trinajstić information content (AvgIpc) is 3.25. The number of sulfonamides is 1. The third kappa shape index (κ3) is 5.21. The zero-order valence-electron chi connectivity index (χ0n) is 19.2. The van der Waals surface area contributed by atoms with E-state index >= 15 is 8.78 Å². The van der Waals surface area contributed by atoms with E-state index in [1.165, 1.54) is 16.6 Å². The summed E-state index contributed by atoms with van der Waals surface area (Å²) in [4.78, 5) is 16.2. The van der Waals surface area contributed by atoms with E-state index < -0.39 is 38.9 Å².